The van der Waals surface area contributed by atoms with Gasteiger partial charge in [0.15, 0.2) is 0 Å². The van der Waals surface area contributed by atoms with E-state index in [0.29, 0.717) is 4.61 Å². The Balaban J connectivity index is 3.67. The van der Waals surface area contributed by atoms with Crippen LogP contribution in [0.2, 0.25) is 0 Å². The molecular formula is C5H5BrFN. The van der Waals surface area contributed by atoms with Gasteiger partial charge < -0.3 is 0 Å². The number of hydrogen-bond donors (Lipinski definition) is 0. The molecule has 0 aromatic carbocycles. The van der Waals surface area contributed by atoms with Crippen LogP contribution in [0.25, 0.3) is 0 Å². The van der Waals surface area contributed by atoms with Crippen LogP contribution >= 0.6 is 15.9 Å². The van der Waals surface area contributed by atoms with E-state index in [2.05, 4.69) is 34.1 Å². The minimum atomic E-state index is -0.578. The zero-order chi connectivity index (χ0) is 6.57. The largest absolute Gasteiger partial charge is 0.247 e. The van der Waals surface area contributed by atoms with Gasteiger partial charge in [0.2, 0.25) is 0 Å². The van der Waals surface area contributed by atoms with E-state index in [1.807, 2.05) is 0 Å². The molecule has 0 radical (unpaired) electrons. The summed E-state index contributed by atoms with van der Waals surface area (Å²) in [6.45, 7) is 6.29. The highest BCUT2D eigenvalue weighted by Gasteiger charge is 1.79. The summed E-state index contributed by atoms with van der Waals surface area (Å²) in [4.78, 5) is 3.45. The molecule has 0 aliphatic carbocycles. The van der Waals surface area contributed by atoms with Crippen LogP contribution in [0.15, 0.2) is 28.6 Å². The van der Waals surface area contributed by atoms with Crippen molar-refractivity contribution in [2.24, 2.45) is 4.99 Å². The van der Waals surface area contributed by atoms with E-state index in [0.717, 1.165) is 6.21 Å². The molecule has 0 N–H and O–H groups in total. The second-order valence-corrected chi connectivity index (χ2v) is 2.00. The summed E-state index contributed by atoms with van der Waals surface area (Å²) < 4.78 is 12.0. The van der Waals surface area contributed by atoms with Crippen molar-refractivity contribution in [1.29, 1.82) is 0 Å². The highest BCUT2D eigenvalue weighted by Crippen LogP contribution is 2.00. The van der Waals surface area contributed by atoms with Gasteiger partial charge in [-0.3, -0.25) is 0 Å². The number of hydrogen-bond acceptors (Lipinski definition) is 1. The number of rotatable bonds is 2. The van der Waals surface area contributed by atoms with Gasteiger partial charge in [-0.25, -0.2) is 9.38 Å². The molecule has 0 spiro atoms. The summed E-state index contributed by atoms with van der Waals surface area (Å²) in [5.41, 5.74) is 0. The third-order valence-electron chi connectivity index (χ3n) is 0.345. The van der Waals surface area contributed by atoms with Gasteiger partial charge in [-0.1, -0.05) is 13.2 Å². The molecule has 0 bridgehead atoms. The molecule has 0 fully saturated rings. The van der Waals surface area contributed by atoms with Gasteiger partial charge in [0.1, 0.15) is 5.83 Å². The monoisotopic (exact) mass is 177 g/mol. The second kappa shape index (κ2) is 3.55. The van der Waals surface area contributed by atoms with Crippen molar-refractivity contribution in [3.05, 3.63) is 23.6 Å². The summed E-state index contributed by atoms with van der Waals surface area (Å²) in [5.74, 6) is -0.578. The van der Waals surface area contributed by atoms with Gasteiger partial charge in [-0.2, -0.15) is 0 Å². The average Bonchev–Trinajstić information content (AvgIpc) is 1.61. The first-order valence-electron chi connectivity index (χ1n) is 1.86. The topological polar surface area (TPSA) is 12.4 Å². The van der Waals surface area contributed by atoms with Crippen molar-refractivity contribution in [3.63, 3.8) is 0 Å². The molecule has 0 saturated carbocycles. The molecule has 0 aliphatic rings. The third kappa shape index (κ3) is 5.56. The fraction of sp³-hybridized carbons (Fsp3) is 0. The van der Waals surface area contributed by atoms with Crippen LogP contribution in [0.3, 0.4) is 0 Å². The van der Waals surface area contributed by atoms with Crippen LogP contribution in [0.1, 0.15) is 0 Å². The third-order valence-corrected chi connectivity index (χ3v) is 0.549. The fourth-order valence-electron chi connectivity index (χ4n) is 0.140. The maximum Gasteiger partial charge on any atom is 0.134 e. The molecule has 44 valence electrons. The molecule has 3 heteroatoms. The zero-order valence-corrected chi connectivity index (χ0v) is 5.78. The minimum absolute atomic E-state index is 0.385. The molecule has 0 aliphatic heterocycles. The molecule has 8 heavy (non-hydrogen) atoms. The van der Waals surface area contributed by atoms with Crippen molar-refractivity contribution in [1.82, 2.24) is 0 Å². The maximum absolute atomic E-state index is 11.7. The number of halogens is 2. The van der Waals surface area contributed by atoms with E-state index >= 15 is 0 Å². The van der Waals surface area contributed by atoms with Crippen LogP contribution in [0.5, 0.6) is 0 Å². The Kier molecular flexibility index (Phi) is 3.35. The normalized spacial score (nSPS) is 9.75. The molecule has 0 saturated heterocycles. The molecule has 1 nitrogen and oxygen atoms in total. The lowest BCUT2D eigenvalue weighted by atomic mass is 10.7. The quantitative estimate of drug-likeness (QED) is 0.454. The molecular weight excluding hydrogens is 173 g/mol. The molecule has 0 aromatic heterocycles. The van der Waals surface area contributed by atoms with Crippen LogP contribution in [-0.2, 0) is 0 Å². The van der Waals surface area contributed by atoms with E-state index in [4.69, 9.17) is 0 Å². The van der Waals surface area contributed by atoms with Crippen molar-refractivity contribution >= 4 is 22.1 Å². The number of aliphatic imine (C=N–C) groups is 1. The smallest absolute Gasteiger partial charge is 0.134 e. The Bertz CT molecular complexity index is 123. The number of allylic oxidation sites excluding steroid dienone is 1. The van der Waals surface area contributed by atoms with Gasteiger partial charge >= 0.3 is 0 Å². The first-order valence-corrected chi connectivity index (χ1v) is 2.65. The molecule has 0 amide bonds. The van der Waals surface area contributed by atoms with E-state index < -0.39 is 5.83 Å². The lowest BCUT2D eigenvalue weighted by Crippen LogP contribution is -1.68. The molecule has 0 aromatic rings. The predicted octanol–water partition coefficient (Wildman–Crippen LogP) is 2.41. The van der Waals surface area contributed by atoms with Crippen molar-refractivity contribution in [2.75, 3.05) is 0 Å². The van der Waals surface area contributed by atoms with Crippen LogP contribution in [0.4, 0.5) is 4.39 Å². The van der Waals surface area contributed by atoms with E-state index in [1.54, 1.807) is 0 Å². The summed E-state index contributed by atoms with van der Waals surface area (Å²) >= 11 is 2.90. The SMILES string of the molecule is C=C(F)/C=N\C(=C)Br. The van der Waals surface area contributed by atoms with Crippen molar-refractivity contribution in [3.8, 4) is 0 Å². The van der Waals surface area contributed by atoms with Crippen LogP contribution in [0, 0.1) is 0 Å². The lowest BCUT2D eigenvalue weighted by molar-refractivity contribution is 0.690. The first-order chi connectivity index (χ1) is 3.63. The van der Waals surface area contributed by atoms with Crippen molar-refractivity contribution in [2.45, 2.75) is 0 Å². The van der Waals surface area contributed by atoms with Gasteiger partial charge in [0.25, 0.3) is 0 Å². The summed E-state index contributed by atoms with van der Waals surface area (Å²) in [5, 5.41) is 0. The highest BCUT2D eigenvalue weighted by atomic mass is 79.9. The number of nitrogens with zero attached hydrogens (tertiary/aromatic N) is 1. The van der Waals surface area contributed by atoms with E-state index in [1.165, 1.54) is 0 Å². The Morgan fingerprint density at radius 2 is 2.12 bits per heavy atom. The molecule has 0 atom stereocenters. The Labute approximate surface area is 55.7 Å². The molecule has 0 rings (SSSR count). The van der Waals surface area contributed by atoms with E-state index in [9.17, 15) is 4.39 Å². The Morgan fingerprint density at radius 1 is 1.62 bits per heavy atom. The van der Waals surface area contributed by atoms with Crippen LogP contribution < -0.4 is 0 Å². The minimum Gasteiger partial charge on any atom is -0.247 e. The highest BCUT2D eigenvalue weighted by molar-refractivity contribution is 9.11. The average molecular weight is 178 g/mol. The standard InChI is InChI=1S/C5H5BrFN/c1-4(7)3-8-5(2)6/h3H,1-2H2/b8-3-. The first kappa shape index (κ1) is 7.56. The molecule has 0 heterocycles. The second-order valence-electron chi connectivity index (χ2n) is 1.08. The zero-order valence-electron chi connectivity index (χ0n) is 4.19. The van der Waals surface area contributed by atoms with Gasteiger partial charge in [-0.15, -0.1) is 0 Å². The van der Waals surface area contributed by atoms with E-state index in [-0.39, 0.29) is 0 Å². The van der Waals surface area contributed by atoms with Gasteiger partial charge in [0.05, 0.1) is 10.8 Å². The van der Waals surface area contributed by atoms with Gasteiger partial charge in [-0.05, 0) is 15.9 Å². The fourth-order valence-corrected chi connectivity index (χ4v) is 0.242. The van der Waals surface area contributed by atoms with Crippen molar-refractivity contribution < 1.29 is 4.39 Å². The van der Waals surface area contributed by atoms with Crippen LogP contribution in [-0.4, -0.2) is 6.21 Å². The maximum atomic E-state index is 11.7. The Hall–Kier alpha value is -0.440. The molecule has 0 unspecified atom stereocenters. The van der Waals surface area contributed by atoms with Gasteiger partial charge in [0, 0.05) is 0 Å². The Morgan fingerprint density at radius 3 is 2.25 bits per heavy atom. The summed E-state index contributed by atoms with van der Waals surface area (Å²) in [6.07, 6.45) is 0.983. The lowest BCUT2D eigenvalue weighted by Gasteiger charge is -1.79. The summed E-state index contributed by atoms with van der Waals surface area (Å²) in [7, 11) is 0. The summed E-state index contributed by atoms with van der Waals surface area (Å²) in [6, 6.07) is 0. The predicted molar refractivity (Wildman–Crippen MR) is 36.8 cm³/mol.